The maximum absolute atomic E-state index is 11.7. The number of hydrogen-bond acceptors (Lipinski definition) is 4. The van der Waals surface area contributed by atoms with Crippen LogP contribution in [0.4, 0.5) is 10.5 Å². The third-order valence-electron chi connectivity index (χ3n) is 2.57. The number of hydrogen-bond donors (Lipinski definition) is 2. The number of urea groups is 1. The molecule has 2 aromatic rings. The quantitative estimate of drug-likeness (QED) is 0.860. The van der Waals surface area contributed by atoms with Gasteiger partial charge in [-0.1, -0.05) is 18.2 Å². The van der Waals surface area contributed by atoms with Crippen LogP contribution in [-0.2, 0) is 17.8 Å². The minimum atomic E-state index is -0.205. The number of nitrogens with zero attached hydrogens (tertiary/aromatic N) is 1. The van der Waals surface area contributed by atoms with E-state index in [1.165, 1.54) is 0 Å². The number of rotatable bonds is 6. The molecule has 1 aromatic heterocycles. The van der Waals surface area contributed by atoms with Gasteiger partial charge in [-0.15, -0.1) is 11.3 Å². The first-order chi connectivity index (χ1) is 9.78. The Hall–Kier alpha value is -1.92. The lowest BCUT2D eigenvalue weighted by molar-refractivity contribution is 0.184. The van der Waals surface area contributed by atoms with Crippen LogP contribution in [0, 0.1) is 0 Å². The van der Waals surface area contributed by atoms with E-state index in [9.17, 15) is 4.79 Å². The highest BCUT2D eigenvalue weighted by molar-refractivity contribution is 7.09. The normalized spacial score (nSPS) is 10.2. The van der Waals surface area contributed by atoms with Crippen LogP contribution in [0.25, 0.3) is 0 Å². The van der Waals surface area contributed by atoms with Gasteiger partial charge in [-0.05, 0) is 12.1 Å². The van der Waals surface area contributed by atoms with E-state index in [1.807, 2.05) is 35.7 Å². The third kappa shape index (κ3) is 4.64. The second kappa shape index (κ2) is 7.62. The molecule has 0 fully saturated rings. The minimum absolute atomic E-state index is 0.205. The number of nitrogens with one attached hydrogen (secondary N) is 2. The first-order valence-corrected chi connectivity index (χ1v) is 7.18. The summed E-state index contributed by atoms with van der Waals surface area (Å²) in [6.07, 6.45) is 0.711. The van der Waals surface area contributed by atoms with Crippen LogP contribution < -0.4 is 10.6 Å². The van der Waals surface area contributed by atoms with Gasteiger partial charge in [0.15, 0.2) is 0 Å². The van der Waals surface area contributed by atoms with Crippen LogP contribution in [0.2, 0.25) is 0 Å². The number of aromatic nitrogens is 1. The number of carbonyl (C=O) groups is 1. The molecule has 0 aliphatic carbocycles. The molecule has 0 saturated heterocycles. The number of thiazole rings is 1. The average Bonchev–Trinajstić information content (AvgIpc) is 2.88. The zero-order valence-corrected chi connectivity index (χ0v) is 12.1. The Balaban J connectivity index is 1.71. The summed E-state index contributed by atoms with van der Waals surface area (Å²) in [6, 6.07) is 9.14. The van der Waals surface area contributed by atoms with Gasteiger partial charge in [0.1, 0.15) is 5.01 Å². The predicted octanol–water partition coefficient (Wildman–Crippen LogP) is 2.65. The van der Waals surface area contributed by atoms with E-state index < -0.39 is 0 Å². The van der Waals surface area contributed by atoms with E-state index >= 15 is 0 Å². The van der Waals surface area contributed by atoms with Gasteiger partial charge in [0.2, 0.25) is 0 Å². The molecule has 106 valence electrons. The molecule has 0 atom stereocenters. The van der Waals surface area contributed by atoms with Gasteiger partial charge < -0.3 is 15.4 Å². The molecule has 0 aliphatic rings. The van der Waals surface area contributed by atoms with E-state index in [2.05, 4.69) is 15.6 Å². The lowest BCUT2D eigenvalue weighted by Gasteiger charge is -2.06. The highest BCUT2D eigenvalue weighted by atomic mass is 32.1. The number of para-hydroxylation sites is 1. The fourth-order valence-corrected chi connectivity index (χ4v) is 2.45. The van der Waals surface area contributed by atoms with Crippen molar-refractivity contribution in [1.82, 2.24) is 10.3 Å². The molecule has 0 unspecified atom stereocenters. The van der Waals surface area contributed by atoms with Crippen molar-refractivity contribution in [3.8, 4) is 0 Å². The van der Waals surface area contributed by atoms with Crippen molar-refractivity contribution in [2.75, 3.05) is 19.0 Å². The topological polar surface area (TPSA) is 63.2 Å². The highest BCUT2D eigenvalue weighted by Gasteiger charge is 2.04. The summed E-state index contributed by atoms with van der Waals surface area (Å²) in [6.45, 7) is 1.08. The van der Waals surface area contributed by atoms with Crippen LogP contribution in [0.15, 0.2) is 35.7 Å². The molecule has 1 aromatic carbocycles. The first kappa shape index (κ1) is 14.5. The second-order valence-corrected chi connectivity index (χ2v) is 5.11. The zero-order chi connectivity index (χ0) is 14.2. The summed E-state index contributed by atoms with van der Waals surface area (Å²) >= 11 is 1.57. The summed E-state index contributed by atoms with van der Waals surface area (Å²) in [7, 11) is 1.65. The Morgan fingerprint density at radius 2 is 2.15 bits per heavy atom. The Morgan fingerprint density at radius 3 is 2.90 bits per heavy atom. The number of ether oxygens (including phenoxy) is 1. The average molecular weight is 291 g/mol. The molecular formula is C14H17N3O2S. The molecule has 6 heteroatoms. The lowest BCUT2D eigenvalue weighted by atomic mass is 10.3. The largest absolute Gasteiger partial charge is 0.378 e. The number of anilines is 1. The molecule has 2 N–H and O–H groups in total. The van der Waals surface area contributed by atoms with Crippen LogP contribution >= 0.6 is 11.3 Å². The fraction of sp³-hybridized carbons (Fsp3) is 0.286. The molecule has 0 radical (unpaired) electrons. The molecule has 5 nitrogen and oxygen atoms in total. The number of benzene rings is 1. The maximum Gasteiger partial charge on any atom is 0.319 e. The van der Waals surface area contributed by atoms with Crippen molar-refractivity contribution in [3.63, 3.8) is 0 Å². The van der Waals surface area contributed by atoms with Gasteiger partial charge in [0.05, 0.1) is 12.3 Å². The predicted molar refractivity (Wildman–Crippen MR) is 80.0 cm³/mol. The summed E-state index contributed by atoms with van der Waals surface area (Å²) in [5.74, 6) is 0. The Kier molecular flexibility index (Phi) is 5.52. The van der Waals surface area contributed by atoms with Crippen molar-refractivity contribution in [1.29, 1.82) is 0 Å². The molecule has 0 bridgehead atoms. The lowest BCUT2D eigenvalue weighted by Crippen LogP contribution is -2.30. The van der Waals surface area contributed by atoms with Gasteiger partial charge in [0.25, 0.3) is 0 Å². The molecule has 2 amide bonds. The summed E-state index contributed by atoms with van der Waals surface area (Å²) in [5.41, 5.74) is 1.75. The van der Waals surface area contributed by atoms with Crippen molar-refractivity contribution >= 4 is 23.1 Å². The number of carbonyl (C=O) groups excluding carboxylic acids is 1. The summed E-state index contributed by atoms with van der Waals surface area (Å²) < 4.78 is 5.02. The van der Waals surface area contributed by atoms with Gasteiger partial charge in [-0.25, -0.2) is 9.78 Å². The molecule has 0 spiro atoms. The Bertz CT molecular complexity index is 542. The van der Waals surface area contributed by atoms with Crippen LogP contribution in [0.5, 0.6) is 0 Å². The second-order valence-electron chi connectivity index (χ2n) is 4.16. The number of methoxy groups -OCH3 is 1. The van der Waals surface area contributed by atoms with E-state index in [4.69, 9.17) is 4.74 Å². The van der Waals surface area contributed by atoms with E-state index in [0.717, 1.165) is 16.4 Å². The van der Waals surface area contributed by atoms with Crippen molar-refractivity contribution in [3.05, 3.63) is 46.4 Å². The SMILES string of the molecule is COCc1nc(CCNC(=O)Nc2ccccc2)cs1. The van der Waals surface area contributed by atoms with Gasteiger partial charge in [-0.2, -0.15) is 0 Å². The fourth-order valence-electron chi connectivity index (χ4n) is 1.65. The molecule has 0 saturated carbocycles. The van der Waals surface area contributed by atoms with E-state index in [-0.39, 0.29) is 6.03 Å². The van der Waals surface area contributed by atoms with Gasteiger partial charge in [0, 0.05) is 31.1 Å². The molecule has 2 rings (SSSR count). The Morgan fingerprint density at radius 1 is 1.35 bits per heavy atom. The highest BCUT2D eigenvalue weighted by Crippen LogP contribution is 2.10. The van der Waals surface area contributed by atoms with Crippen molar-refractivity contribution < 1.29 is 9.53 Å². The maximum atomic E-state index is 11.7. The monoisotopic (exact) mass is 291 g/mol. The zero-order valence-electron chi connectivity index (χ0n) is 11.3. The standard InChI is InChI=1S/C14H17N3O2S/c1-19-9-13-16-12(10-20-13)7-8-15-14(18)17-11-5-3-2-4-6-11/h2-6,10H,7-9H2,1H3,(H2,15,17,18). The number of amides is 2. The summed E-state index contributed by atoms with van der Waals surface area (Å²) in [4.78, 5) is 16.1. The van der Waals surface area contributed by atoms with Crippen molar-refractivity contribution in [2.45, 2.75) is 13.0 Å². The Labute approximate surface area is 122 Å². The van der Waals surface area contributed by atoms with E-state index in [1.54, 1.807) is 18.4 Å². The van der Waals surface area contributed by atoms with Crippen LogP contribution in [0.3, 0.4) is 0 Å². The first-order valence-electron chi connectivity index (χ1n) is 6.30. The van der Waals surface area contributed by atoms with Crippen molar-refractivity contribution in [2.24, 2.45) is 0 Å². The molecule has 20 heavy (non-hydrogen) atoms. The minimum Gasteiger partial charge on any atom is -0.378 e. The molecule has 1 heterocycles. The molecular weight excluding hydrogens is 274 g/mol. The summed E-state index contributed by atoms with van der Waals surface area (Å²) in [5, 5.41) is 8.52. The van der Waals surface area contributed by atoms with Gasteiger partial charge in [-0.3, -0.25) is 0 Å². The molecule has 0 aliphatic heterocycles. The third-order valence-corrected chi connectivity index (χ3v) is 3.44. The van der Waals surface area contributed by atoms with Crippen LogP contribution in [0.1, 0.15) is 10.7 Å². The smallest absolute Gasteiger partial charge is 0.319 e. The van der Waals surface area contributed by atoms with Gasteiger partial charge >= 0.3 is 6.03 Å². The van der Waals surface area contributed by atoms with E-state index in [0.29, 0.717) is 19.6 Å². The van der Waals surface area contributed by atoms with Crippen LogP contribution in [-0.4, -0.2) is 24.7 Å².